The molecule has 0 N–H and O–H groups in total. The molecule has 166 valence electrons. The van der Waals surface area contributed by atoms with Gasteiger partial charge in [0.1, 0.15) is 0 Å². The predicted molar refractivity (Wildman–Crippen MR) is 126 cm³/mol. The van der Waals surface area contributed by atoms with Gasteiger partial charge in [-0.3, -0.25) is 24.2 Å². The van der Waals surface area contributed by atoms with Gasteiger partial charge in [0.2, 0.25) is 5.91 Å². The molecule has 0 spiro atoms. The molecule has 0 unspecified atom stereocenters. The van der Waals surface area contributed by atoms with Crippen LogP contribution in [-0.2, 0) is 4.79 Å². The zero-order valence-electron chi connectivity index (χ0n) is 18.3. The highest BCUT2D eigenvalue weighted by Gasteiger charge is 2.39. The molecule has 6 nitrogen and oxygen atoms in total. The lowest BCUT2D eigenvalue weighted by molar-refractivity contribution is -0.135. The molecule has 0 radical (unpaired) electrons. The molecule has 2 aliphatic rings. The number of carbonyl (C=O) groups excluding carboxylic acids is 3. The van der Waals surface area contributed by atoms with Crippen LogP contribution in [0, 0.1) is 0 Å². The molecule has 0 atom stereocenters. The quantitative estimate of drug-likeness (QED) is 0.586. The third-order valence-corrected chi connectivity index (χ3v) is 6.42. The maximum atomic E-state index is 12.9. The van der Waals surface area contributed by atoms with Crippen LogP contribution in [0.15, 0.2) is 84.9 Å². The predicted octanol–water partition coefficient (Wildman–Crippen LogP) is 3.16. The van der Waals surface area contributed by atoms with Crippen molar-refractivity contribution in [3.05, 3.63) is 96.1 Å². The summed E-state index contributed by atoms with van der Waals surface area (Å²) >= 11 is 0. The highest BCUT2D eigenvalue weighted by atomic mass is 16.2. The first kappa shape index (κ1) is 21.1. The summed E-state index contributed by atoms with van der Waals surface area (Å²) in [5, 5.41) is 0. The van der Waals surface area contributed by atoms with E-state index in [-0.39, 0.29) is 30.3 Å². The van der Waals surface area contributed by atoms with E-state index in [4.69, 9.17) is 0 Å². The van der Waals surface area contributed by atoms with E-state index in [1.54, 1.807) is 24.3 Å². The van der Waals surface area contributed by atoms with Gasteiger partial charge in [-0.2, -0.15) is 0 Å². The molecule has 3 amide bonds. The van der Waals surface area contributed by atoms with Gasteiger partial charge in [0, 0.05) is 43.3 Å². The molecule has 0 saturated carbocycles. The number of piperazine rings is 1. The van der Waals surface area contributed by atoms with E-state index in [0.29, 0.717) is 37.3 Å². The Morgan fingerprint density at radius 1 is 0.667 bits per heavy atom. The summed E-state index contributed by atoms with van der Waals surface area (Å²) in [6.45, 7) is 2.40. The monoisotopic (exact) mass is 439 g/mol. The lowest BCUT2D eigenvalue weighted by Gasteiger charge is -2.47. The minimum atomic E-state index is -0.246. The van der Waals surface area contributed by atoms with Crippen molar-refractivity contribution in [2.45, 2.75) is 6.04 Å². The smallest absolute Gasteiger partial charge is 0.260 e. The first-order valence-electron chi connectivity index (χ1n) is 11.2. The molecule has 2 fully saturated rings. The Morgan fingerprint density at radius 2 is 1.24 bits per heavy atom. The zero-order chi connectivity index (χ0) is 22.8. The van der Waals surface area contributed by atoms with Crippen molar-refractivity contribution in [2.75, 3.05) is 32.7 Å². The summed E-state index contributed by atoms with van der Waals surface area (Å²) in [4.78, 5) is 43.3. The van der Waals surface area contributed by atoms with Crippen molar-refractivity contribution in [2.24, 2.45) is 0 Å². The maximum Gasteiger partial charge on any atom is 0.260 e. The summed E-state index contributed by atoms with van der Waals surface area (Å²) in [5.41, 5.74) is 3.39. The minimum absolute atomic E-state index is 0.00933. The van der Waals surface area contributed by atoms with Crippen LogP contribution in [0.4, 0.5) is 0 Å². The summed E-state index contributed by atoms with van der Waals surface area (Å²) < 4.78 is 0. The van der Waals surface area contributed by atoms with Crippen LogP contribution in [-0.4, -0.2) is 71.2 Å². The van der Waals surface area contributed by atoms with Crippen molar-refractivity contribution in [1.82, 2.24) is 14.7 Å². The maximum absolute atomic E-state index is 12.9. The van der Waals surface area contributed by atoms with Crippen molar-refractivity contribution >= 4 is 17.7 Å². The van der Waals surface area contributed by atoms with Gasteiger partial charge in [0.15, 0.2) is 0 Å². The molecular formula is C27H25N3O3. The first-order valence-corrected chi connectivity index (χ1v) is 11.2. The van der Waals surface area contributed by atoms with Crippen molar-refractivity contribution in [1.29, 1.82) is 0 Å². The van der Waals surface area contributed by atoms with Crippen LogP contribution in [0.5, 0.6) is 0 Å². The third-order valence-electron chi connectivity index (χ3n) is 6.42. The van der Waals surface area contributed by atoms with Crippen molar-refractivity contribution in [3.8, 4) is 11.1 Å². The second-order valence-electron chi connectivity index (χ2n) is 8.49. The van der Waals surface area contributed by atoms with Gasteiger partial charge in [0.25, 0.3) is 11.8 Å². The van der Waals surface area contributed by atoms with Crippen molar-refractivity contribution in [3.63, 3.8) is 0 Å². The van der Waals surface area contributed by atoms with Crippen LogP contribution >= 0.6 is 0 Å². The topological polar surface area (TPSA) is 60.9 Å². The largest absolute Gasteiger partial charge is 0.335 e. The van der Waals surface area contributed by atoms with Crippen LogP contribution in [0.25, 0.3) is 11.1 Å². The van der Waals surface area contributed by atoms with E-state index in [1.165, 1.54) is 4.90 Å². The summed E-state index contributed by atoms with van der Waals surface area (Å²) in [5.74, 6) is -0.420. The third kappa shape index (κ3) is 4.30. The Bertz CT molecular complexity index is 1160. The van der Waals surface area contributed by atoms with Crippen LogP contribution in [0.2, 0.25) is 0 Å². The second-order valence-corrected chi connectivity index (χ2v) is 8.49. The van der Waals surface area contributed by atoms with Crippen molar-refractivity contribution < 1.29 is 14.4 Å². The van der Waals surface area contributed by atoms with E-state index in [9.17, 15) is 14.4 Å². The number of benzene rings is 3. The lowest BCUT2D eigenvalue weighted by atomic mass is 10.0. The summed E-state index contributed by atoms with van der Waals surface area (Å²) in [6.07, 6.45) is 0. The SMILES string of the molecule is O=C(c1ccc(-c2ccccc2)cc1)N1CC(N2CCN(C(=O)c3ccccc3)C(=O)C2)C1. The number of amides is 3. The number of imide groups is 1. The highest BCUT2D eigenvalue weighted by Crippen LogP contribution is 2.23. The minimum Gasteiger partial charge on any atom is -0.335 e. The van der Waals surface area contributed by atoms with Gasteiger partial charge in [-0.05, 0) is 35.4 Å². The molecular weight excluding hydrogens is 414 g/mol. The number of hydrogen-bond donors (Lipinski definition) is 0. The molecule has 2 heterocycles. The number of rotatable bonds is 4. The molecule has 0 bridgehead atoms. The lowest BCUT2D eigenvalue weighted by Crippen LogP contribution is -2.65. The van der Waals surface area contributed by atoms with Gasteiger partial charge >= 0.3 is 0 Å². The van der Waals surface area contributed by atoms with Crippen LogP contribution in [0.1, 0.15) is 20.7 Å². The zero-order valence-corrected chi connectivity index (χ0v) is 18.3. The Morgan fingerprint density at radius 3 is 1.88 bits per heavy atom. The molecule has 0 aliphatic carbocycles. The fourth-order valence-electron chi connectivity index (χ4n) is 4.42. The fourth-order valence-corrected chi connectivity index (χ4v) is 4.42. The van der Waals surface area contributed by atoms with Gasteiger partial charge < -0.3 is 4.90 Å². The van der Waals surface area contributed by atoms with Gasteiger partial charge in [0.05, 0.1) is 6.54 Å². The first-order chi connectivity index (χ1) is 16.1. The number of carbonyl (C=O) groups is 3. The standard InChI is InChI=1S/C27H25N3O3/c31-25-19-28(15-16-30(25)27(33)22-9-5-2-6-10-22)24-17-29(18-24)26(32)23-13-11-21(12-14-23)20-7-3-1-4-8-20/h1-14,24H,15-19H2. The second kappa shape index (κ2) is 9.00. The number of likely N-dealkylation sites (tertiary alicyclic amines) is 1. The van der Waals surface area contributed by atoms with Crippen LogP contribution < -0.4 is 0 Å². The van der Waals surface area contributed by atoms with E-state index < -0.39 is 0 Å². The molecule has 6 heteroatoms. The van der Waals surface area contributed by atoms with Gasteiger partial charge in [-0.1, -0.05) is 60.7 Å². The van der Waals surface area contributed by atoms with E-state index in [1.807, 2.05) is 65.6 Å². The Kier molecular flexibility index (Phi) is 5.75. The molecule has 3 aromatic carbocycles. The average molecular weight is 440 g/mol. The highest BCUT2D eigenvalue weighted by molar-refractivity contribution is 6.05. The Labute approximate surface area is 193 Å². The molecule has 2 saturated heterocycles. The molecule has 33 heavy (non-hydrogen) atoms. The fraction of sp³-hybridized carbons (Fsp3) is 0.222. The molecule has 2 aliphatic heterocycles. The van der Waals surface area contributed by atoms with Gasteiger partial charge in [-0.25, -0.2) is 0 Å². The average Bonchev–Trinajstić information content (AvgIpc) is 2.84. The number of hydrogen-bond acceptors (Lipinski definition) is 4. The van der Waals surface area contributed by atoms with Gasteiger partial charge in [-0.15, -0.1) is 0 Å². The summed E-state index contributed by atoms with van der Waals surface area (Å²) in [6, 6.07) is 26.8. The molecule has 0 aromatic heterocycles. The van der Waals surface area contributed by atoms with E-state index >= 15 is 0 Å². The van der Waals surface area contributed by atoms with Crippen LogP contribution in [0.3, 0.4) is 0 Å². The molecule has 3 aromatic rings. The normalized spacial score (nSPS) is 17.0. The van der Waals surface area contributed by atoms with E-state index in [0.717, 1.165) is 11.1 Å². The van der Waals surface area contributed by atoms with E-state index in [2.05, 4.69) is 4.90 Å². The Balaban J connectivity index is 1.15. The molecule has 5 rings (SSSR count). The summed E-state index contributed by atoms with van der Waals surface area (Å²) in [7, 11) is 0. The number of nitrogens with zero attached hydrogens (tertiary/aromatic N) is 3. The Hall–Kier alpha value is -3.77.